The number of halogens is 1. The molecule has 1 aromatic rings. The molecule has 0 spiro atoms. The summed E-state index contributed by atoms with van der Waals surface area (Å²) in [6, 6.07) is 9.30. The Kier molecular flexibility index (Phi) is 4.85. The monoisotopic (exact) mass is 293 g/mol. The van der Waals surface area contributed by atoms with Gasteiger partial charge in [-0.05, 0) is 50.3 Å². The van der Waals surface area contributed by atoms with Crippen molar-refractivity contribution in [2.45, 2.75) is 44.1 Å². The summed E-state index contributed by atoms with van der Waals surface area (Å²) in [7, 11) is 0. The first kappa shape index (κ1) is 14.2. The topological polar surface area (TPSA) is 12.5 Å². The van der Waals surface area contributed by atoms with Gasteiger partial charge in [0.2, 0.25) is 0 Å². The average Bonchev–Trinajstić information content (AvgIpc) is 2.93. The number of rotatable bonds is 5. The van der Waals surface area contributed by atoms with Crippen molar-refractivity contribution in [3.8, 4) is 5.75 Å². The Labute approximate surface area is 127 Å². The maximum atomic E-state index is 5.85. The molecule has 2 unspecified atom stereocenters. The first-order valence-electron chi connectivity index (χ1n) is 7.90. The highest BCUT2D eigenvalue weighted by molar-refractivity contribution is 6.17. The molecule has 0 N–H and O–H groups in total. The Morgan fingerprint density at radius 3 is 3.05 bits per heavy atom. The quantitative estimate of drug-likeness (QED) is 0.760. The standard InChI is InChI=1S/C17H24ClNO/c18-10-3-5-15-6-4-11-19(15)13-14-9-12-20-17-8-2-1-7-16(14)17/h1-2,7-8,14-15H,3-6,9-13H2. The fourth-order valence-corrected chi connectivity index (χ4v) is 3.82. The van der Waals surface area contributed by atoms with E-state index in [1.54, 1.807) is 0 Å². The molecule has 1 saturated heterocycles. The van der Waals surface area contributed by atoms with E-state index in [2.05, 4.69) is 29.2 Å². The Bertz CT molecular complexity index is 437. The highest BCUT2D eigenvalue weighted by atomic mass is 35.5. The van der Waals surface area contributed by atoms with Crippen LogP contribution in [0.1, 0.15) is 43.6 Å². The average molecular weight is 294 g/mol. The maximum Gasteiger partial charge on any atom is 0.122 e. The normalized spacial score (nSPS) is 26.2. The van der Waals surface area contributed by atoms with Gasteiger partial charge in [-0.3, -0.25) is 4.90 Å². The van der Waals surface area contributed by atoms with Crippen LogP contribution in [0.25, 0.3) is 0 Å². The van der Waals surface area contributed by atoms with Crippen molar-refractivity contribution in [2.75, 3.05) is 25.6 Å². The van der Waals surface area contributed by atoms with Crippen LogP contribution in [0, 0.1) is 0 Å². The molecule has 110 valence electrons. The minimum absolute atomic E-state index is 0.636. The van der Waals surface area contributed by atoms with E-state index in [1.807, 2.05) is 0 Å². The van der Waals surface area contributed by atoms with Crippen LogP contribution in [0.5, 0.6) is 5.75 Å². The van der Waals surface area contributed by atoms with E-state index in [-0.39, 0.29) is 0 Å². The van der Waals surface area contributed by atoms with Crippen LogP contribution in [0.4, 0.5) is 0 Å². The molecule has 2 aliphatic heterocycles. The summed E-state index contributed by atoms with van der Waals surface area (Å²) in [5.41, 5.74) is 1.40. The van der Waals surface area contributed by atoms with Crippen LogP contribution in [0.3, 0.4) is 0 Å². The molecule has 1 aromatic carbocycles. The highest BCUT2D eigenvalue weighted by Gasteiger charge is 2.29. The van der Waals surface area contributed by atoms with Crippen LogP contribution in [0.15, 0.2) is 24.3 Å². The summed E-state index contributed by atoms with van der Waals surface area (Å²) >= 11 is 5.85. The molecule has 20 heavy (non-hydrogen) atoms. The number of likely N-dealkylation sites (tertiary alicyclic amines) is 1. The molecule has 2 atom stereocenters. The molecular weight excluding hydrogens is 270 g/mol. The van der Waals surface area contributed by atoms with Crippen LogP contribution in [-0.4, -0.2) is 36.5 Å². The first-order chi connectivity index (χ1) is 9.88. The molecule has 3 heteroatoms. The maximum absolute atomic E-state index is 5.85. The van der Waals surface area contributed by atoms with E-state index in [0.29, 0.717) is 5.92 Å². The third kappa shape index (κ3) is 3.12. The Hall–Kier alpha value is -0.730. The zero-order valence-electron chi connectivity index (χ0n) is 12.1. The largest absolute Gasteiger partial charge is 0.493 e. The summed E-state index contributed by atoms with van der Waals surface area (Å²) in [5.74, 6) is 2.53. The Morgan fingerprint density at radius 1 is 1.25 bits per heavy atom. The van der Waals surface area contributed by atoms with Crippen molar-refractivity contribution in [3.63, 3.8) is 0 Å². The Balaban J connectivity index is 1.66. The lowest BCUT2D eigenvalue weighted by Gasteiger charge is -2.32. The number of benzene rings is 1. The van der Waals surface area contributed by atoms with Gasteiger partial charge in [0, 0.05) is 24.4 Å². The molecule has 0 radical (unpaired) electrons. The number of alkyl halides is 1. The van der Waals surface area contributed by atoms with Gasteiger partial charge in [-0.1, -0.05) is 18.2 Å². The van der Waals surface area contributed by atoms with E-state index < -0.39 is 0 Å². The van der Waals surface area contributed by atoms with Gasteiger partial charge in [0.15, 0.2) is 0 Å². The lowest BCUT2D eigenvalue weighted by Crippen LogP contribution is -2.34. The van der Waals surface area contributed by atoms with E-state index in [4.69, 9.17) is 16.3 Å². The highest BCUT2D eigenvalue weighted by Crippen LogP contribution is 2.35. The van der Waals surface area contributed by atoms with Crippen molar-refractivity contribution in [1.82, 2.24) is 4.90 Å². The minimum atomic E-state index is 0.636. The van der Waals surface area contributed by atoms with Crippen LogP contribution >= 0.6 is 11.6 Å². The van der Waals surface area contributed by atoms with Crippen molar-refractivity contribution in [1.29, 1.82) is 0 Å². The predicted molar refractivity (Wildman–Crippen MR) is 83.8 cm³/mol. The summed E-state index contributed by atoms with van der Waals surface area (Å²) in [6.45, 7) is 3.31. The van der Waals surface area contributed by atoms with Gasteiger partial charge in [-0.15, -0.1) is 11.6 Å². The molecule has 1 fully saturated rings. The second kappa shape index (κ2) is 6.82. The van der Waals surface area contributed by atoms with Crippen molar-refractivity contribution >= 4 is 11.6 Å². The van der Waals surface area contributed by atoms with Crippen LogP contribution in [-0.2, 0) is 0 Å². The lowest BCUT2D eigenvalue weighted by molar-refractivity contribution is 0.194. The number of nitrogens with zero attached hydrogens (tertiary/aromatic N) is 1. The zero-order chi connectivity index (χ0) is 13.8. The van der Waals surface area contributed by atoms with Gasteiger partial charge in [-0.2, -0.15) is 0 Å². The summed E-state index contributed by atoms with van der Waals surface area (Å²) in [5, 5.41) is 0. The molecule has 0 saturated carbocycles. The molecular formula is C17H24ClNO. The number of hydrogen-bond donors (Lipinski definition) is 0. The molecule has 2 nitrogen and oxygen atoms in total. The number of fused-ring (bicyclic) bond motifs is 1. The van der Waals surface area contributed by atoms with Gasteiger partial charge >= 0.3 is 0 Å². The molecule has 2 aliphatic rings. The Morgan fingerprint density at radius 2 is 2.15 bits per heavy atom. The second-order valence-electron chi connectivity index (χ2n) is 5.99. The van der Waals surface area contributed by atoms with Crippen molar-refractivity contribution in [2.24, 2.45) is 0 Å². The lowest BCUT2D eigenvalue weighted by atomic mass is 9.92. The second-order valence-corrected chi connectivity index (χ2v) is 6.37. The van der Waals surface area contributed by atoms with Crippen molar-refractivity contribution < 1.29 is 4.74 Å². The molecule has 2 heterocycles. The molecule has 3 rings (SSSR count). The molecule has 0 aromatic heterocycles. The van der Waals surface area contributed by atoms with Gasteiger partial charge in [0.05, 0.1) is 6.61 Å². The minimum Gasteiger partial charge on any atom is -0.493 e. The SMILES string of the molecule is ClCCCC1CCCN1CC1CCOc2ccccc21. The van der Waals surface area contributed by atoms with Crippen LogP contribution in [0.2, 0.25) is 0 Å². The number of ether oxygens (including phenoxy) is 1. The molecule has 0 amide bonds. The third-order valence-electron chi connectivity index (χ3n) is 4.71. The van der Waals surface area contributed by atoms with E-state index in [0.717, 1.165) is 37.1 Å². The molecule has 0 aliphatic carbocycles. The first-order valence-corrected chi connectivity index (χ1v) is 8.43. The fraction of sp³-hybridized carbons (Fsp3) is 0.647. The van der Waals surface area contributed by atoms with E-state index >= 15 is 0 Å². The molecule has 0 bridgehead atoms. The van der Waals surface area contributed by atoms with Crippen molar-refractivity contribution in [3.05, 3.63) is 29.8 Å². The summed E-state index contributed by atoms with van der Waals surface area (Å²) < 4.78 is 5.77. The van der Waals surface area contributed by atoms with E-state index in [1.165, 1.54) is 37.9 Å². The van der Waals surface area contributed by atoms with Crippen LogP contribution < -0.4 is 4.74 Å². The fourth-order valence-electron chi connectivity index (χ4n) is 3.66. The zero-order valence-corrected chi connectivity index (χ0v) is 12.8. The number of para-hydroxylation sites is 1. The van der Waals surface area contributed by atoms with Gasteiger partial charge < -0.3 is 4.74 Å². The summed E-state index contributed by atoms with van der Waals surface area (Å²) in [6.07, 6.45) is 6.25. The van der Waals surface area contributed by atoms with Gasteiger partial charge in [-0.25, -0.2) is 0 Å². The third-order valence-corrected chi connectivity index (χ3v) is 4.97. The summed E-state index contributed by atoms with van der Waals surface area (Å²) in [4.78, 5) is 2.69. The smallest absolute Gasteiger partial charge is 0.122 e. The van der Waals surface area contributed by atoms with Gasteiger partial charge in [0.25, 0.3) is 0 Å². The number of hydrogen-bond acceptors (Lipinski definition) is 2. The van der Waals surface area contributed by atoms with Gasteiger partial charge in [0.1, 0.15) is 5.75 Å². The predicted octanol–water partition coefficient (Wildman–Crippen LogP) is 4.04. The van der Waals surface area contributed by atoms with E-state index in [9.17, 15) is 0 Å².